The van der Waals surface area contributed by atoms with Gasteiger partial charge in [-0.15, -0.1) is 0 Å². The molecule has 0 aliphatic carbocycles. The lowest BCUT2D eigenvalue weighted by Gasteiger charge is -2.27. The second kappa shape index (κ2) is 5.64. The number of carboxylic acids is 1. The van der Waals surface area contributed by atoms with Gasteiger partial charge in [-0.1, -0.05) is 27.7 Å². The molecule has 0 fully saturated rings. The highest BCUT2D eigenvalue weighted by Crippen LogP contribution is 2.24. The molecule has 1 atom stereocenters. The van der Waals surface area contributed by atoms with E-state index in [0.29, 0.717) is 6.42 Å². The molecule has 0 radical (unpaired) electrons. The Hall–Kier alpha value is -0.610. The fourth-order valence-electron chi connectivity index (χ4n) is 0.966. The second-order valence-corrected chi connectivity index (χ2v) is 5.88. The number of carboxylic acid groups (broad SMARTS) is 1. The maximum atomic E-state index is 11.0. The predicted molar refractivity (Wildman–Crippen MR) is 62.0 cm³/mol. The first-order chi connectivity index (χ1) is 7.07. The van der Waals surface area contributed by atoms with Crippen molar-refractivity contribution in [2.24, 2.45) is 5.41 Å². The molecule has 0 aliphatic rings. The van der Waals surface area contributed by atoms with E-state index in [9.17, 15) is 4.79 Å². The van der Waals surface area contributed by atoms with Crippen molar-refractivity contribution in [1.29, 1.82) is 0 Å². The van der Waals surface area contributed by atoms with Crippen molar-refractivity contribution in [2.75, 3.05) is 0 Å². The van der Waals surface area contributed by atoms with Gasteiger partial charge in [0.15, 0.2) is 6.10 Å². The van der Waals surface area contributed by atoms with Crippen LogP contribution in [0.4, 0.5) is 0 Å². The predicted octanol–water partition coefficient (Wildman–Crippen LogP) is 3.01. The average molecular weight is 232 g/mol. The molecule has 0 aromatic carbocycles. The lowest BCUT2D eigenvalue weighted by Crippen LogP contribution is -2.33. The van der Waals surface area contributed by atoms with Crippen LogP contribution in [0.1, 0.15) is 54.4 Å². The van der Waals surface area contributed by atoms with E-state index in [1.54, 1.807) is 0 Å². The standard InChI is InChI=1S/C12H24O4/c1-7-12(5,6)16-15-9(10(13)14)8-11(2,3)4/h9H,7-8H2,1-6H3,(H,13,14). The van der Waals surface area contributed by atoms with Gasteiger partial charge in [-0.05, 0) is 32.1 Å². The van der Waals surface area contributed by atoms with E-state index in [1.807, 2.05) is 41.5 Å². The van der Waals surface area contributed by atoms with Crippen LogP contribution >= 0.6 is 0 Å². The van der Waals surface area contributed by atoms with E-state index < -0.39 is 17.7 Å². The Morgan fingerprint density at radius 3 is 2.06 bits per heavy atom. The Bertz CT molecular complexity index is 228. The Morgan fingerprint density at radius 2 is 1.75 bits per heavy atom. The van der Waals surface area contributed by atoms with Crippen molar-refractivity contribution in [1.82, 2.24) is 0 Å². The smallest absolute Gasteiger partial charge is 0.336 e. The molecule has 0 aromatic heterocycles. The molecule has 16 heavy (non-hydrogen) atoms. The third kappa shape index (κ3) is 6.80. The summed E-state index contributed by atoms with van der Waals surface area (Å²) in [6.07, 6.45) is 0.266. The number of hydrogen-bond donors (Lipinski definition) is 1. The summed E-state index contributed by atoms with van der Waals surface area (Å²) in [6, 6.07) is 0. The fraction of sp³-hybridized carbons (Fsp3) is 0.917. The molecule has 4 nitrogen and oxygen atoms in total. The largest absolute Gasteiger partial charge is 0.479 e. The van der Waals surface area contributed by atoms with Crippen LogP contribution in [-0.2, 0) is 14.6 Å². The summed E-state index contributed by atoms with van der Waals surface area (Å²) in [4.78, 5) is 21.2. The zero-order valence-electron chi connectivity index (χ0n) is 11.2. The molecule has 1 unspecified atom stereocenters. The fourth-order valence-corrected chi connectivity index (χ4v) is 0.966. The van der Waals surface area contributed by atoms with Crippen molar-refractivity contribution in [3.05, 3.63) is 0 Å². The first-order valence-corrected chi connectivity index (χ1v) is 5.65. The summed E-state index contributed by atoms with van der Waals surface area (Å²) in [5.41, 5.74) is -0.561. The summed E-state index contributed by atoms with van der Waals surface area (Å²) in [5.74, 6) is -0.984. The van der Waals surface area contributed by atoms with Crippen LogP contribution in [0, 0.1) is 5.41 Å². The molecule has 0 spiro atoms. The normalized spacial score (nSPS) is 14.9. The maximum Gasteiger partial charge on any atom is 0.336 e. The van der Waals surface area contributed by atoms with Crippen LogP contribution in [0.25, 0.3) is 0 Å². The minimum atomic E-state index is -0.984. The average Bonchev–Trinajstić information content (AvgIpc) is 2.10. The highest BCUT2D eigenvalue weighted by Gasteiger charge is 2.29. The van der Waals surface area contributed by atoms with Gasteiger partial charge in [0, 0.05) is 0 Å². The van der Waals surface area contributed by atoms with Crippen LogP contribution < -0.4 is 0 Å². The van der Waals surface area contributed by atoms with E-state index in [4.69, 9.17) is 14.9 Å². The van der Waals surface area contributed by atoms with Gasteiger partial charge >= 0.3 is 5.97 Å². The van der Waals surface area contributed by atoms with Crippen LogP contribution in [0.3, 0.4) is 0 Å². The molecule has 0 heterocycles. The van der Waals surface area contributed by atoms with E-state index in [0.717, 1.165) is 6.42 Å². The van der Waals surface area contributed by atoms with Crippen LogP contribution in [0.15, 0.2) is 0 Å². The Balaban J connectivity index is 4.32. The van der Waals surface area contributed by atoms with Crippen molar-refractivity contribution in [3.8, 4) is 0 Å². The van der Waals surface area contributed by atoms with Crippen molar-refractivity contribution in [3.63, 3.8) is 0 Å². The summed E-state index contributed by atoms with van der Waals surface area (Å²) in [6.45, 7) is 11.6. The highest BCUT2D eigenvalue weighted by atomic mass is 17.2. The maximum absolute atomic E-state index is 11.0. The van der Waals surface area contributed by atoms with Gasteiger partial charge in [-0.2, -0.15) is 0 Å². The monoisotopic (exact) mass is 232 g/mol. The van der Waals surface area contributed by atoms with Crippen molar-refractivity contribution >= 4 is 5.97 Å². The SMILES string of the molecule is CCC(C)(C)OOC(CC(C)(C)C)C(=O)O. The Morgan fingerprint density at radius 1 is 1.25 bits per heavy atom. The van der Waals surface area contributed by atoms with E-state index in [1.165, 1.54) is 0 Å². The van der Waals surface area contributed by atoms with Gasteiger partial charge in [0.05, 0.1) is 5.60 Å². The summed E-state index contributed by atoms with van der Waals surface area (Å²) in [5, 5.41) is 9.00. The molecule has 0 rings (SSSR count). The summed E-state index contributed by atoms with van der Waals surface area (Å²) < 4.78 is 0. The topological polar surface area (TPSA) is 55.8 Å². The van der Waals surface area contributed by atoms with Gasteiger partial charge in [-0.3, -0.25) is 0 Å². The lowest BCUT2D eigenvalue weighted by molar-refractivity contribution is -0.374. The summed E-state index contributed by atoms with van der Waals surface area (Å²) in [7, 11) is 0. The van der Waals surface area contributed by atoms with Gasteiger partial charge in [0.1, 0.15) is 0 Å². The number of carbonyl (C=O) groups is 1. The third-order valence-corrected chi connectivity index (χ3v) is 2.31. The van der Waals surface area contributed by atoms with Gasteiger partial charge in [0.2, 0.25) is 0 Å². The minimum Gasteiger partial charge on any atom is -0.479 e. The highest BCUT2D eigenvalue weighted by molar-refractivity contribution is 5.72. The zero-order chi connectivity index (χ0) is 13.0. The molecule has 0 aliphatic heterocycles. The third-order valence-electron chi connectivity index (χ3n) is 2.31. The molecule has 4 heteroatoms. The second-order valence-electron chi connectivity index (χ2n) is 5.88. The molecule has 0 amide bonds. The van der Waals surface area contributed by atoms with Gasteiger partial charge < -0.3 is 5.11 Å². The van der Waals surface area contributed by atoms with E-state index >= 15 is 0 Å². The van der Waals surface area contributed by atoms with Crippen molar-refractivity contribution < 1.29 is 19.7 Å². The summed E-state index contributed by atoms with van der Waals surface area (Å²) >= 11 is 0. The first kappa shape index (κ1) is 15.4. The molecule has 0 bridgehead atoms. The molecular weight excluding hydrogens is 208 g/mol. The van der Waals surface area contributed by atoms with Crippen molar-refractivity contribution in [2.45, 2.75) is 66.1 Å². The van der Waals surface area contributed by atoms with Crippen LogP contribution in [0.2, 0.25) is 0 Å². The number of hydrogen-bond acceptors (Lipinski definition) is 3. The van der Waals surface area contributed by atoms with E-state index in [2.05, 4.69) is 0 Å². The van der Waals surface area contributed by atoms with Gasteiger partial charge in [0.25, 0.3) is 0 Å². The molecule has 0 saturated heterocycles. The van der Waals surface area contributed by atoms with E-state index in [-0.39, 0.29) is 5.41 Å². The molecule has 96 valence electrons. The molecular formula is C12H24O4. The van der Waals surface area contributed by atoms with Crippen LogP contribution in [0.5, 0.6) is 0 Å². The van der Waals surface area contributed by atoms with Gasteiger partial charge in [-0.25, -0.2) is 14.6 Å². The minimum absolute atomic E-state index is 0.108. The Kier molecular flexibility index (Phi) is 5.42. The quantitative estimate of drug-likeness (QED) is 0.565. The first-order valence-electron chi connectivity index (χ1n) is 5.65. The zero-order valence-corrected chi connectivity index (χ0v) is 11.2. The number of aliphatic carboxylic acids is 1. The lowest BCUT2D eigenvalue weighted by atomic mass is 9.89. The Labute approximate surface area is 97.9 Å². The molecule has 1 N–H and O–H groups in total. The number of rotatable bonds is 6. The molecule has 0 saturated carbocycles. The molecule has 0 aromatic rings. The van der Waals surface area contributed by atoms with Crippen LogP contribution in [-0.4, -0.2) is 22.8 Å².